The smallest absolute Gasteiger partial charge is 0.127 e. The van der Waals surface area contributed by atoms with Gasteiger partial charge in [-0.15, -0.1) is 11.3 Å². The van der Waals surface area contributed by atoms with Gasteiger partial charge in [0.1, 0.15) is 5.82 Å². The van der Waals surface area contributed by atoms with Gasteiger partial charge in [-0.2, -0.15) is 0 Å². The monoisotopic (exact) mass is 250 g/mol. The molecule has 1 atom stereocenters. The highest BCUT2D eigenvalue weighted by Crippen LogP contribution is 2.22. The lowest BCUT2D eigenvalue weighted by atomic mass is 10.2. The first kappa shape index (κ1) is 12.3. The van der Waals surface area contributed by atoms with Gasteiger partial charge < -0.3 is 4.57 Å². The molecule has 92 valence electrons. The molecule has 0 bridgehead atoms. The minimum absolute atomic E-state index is 0.0679. The topological polar surface area (TPSA) is 55.9 Å². The summed E-state index contributed by atoms with van der Waals surface area (Å²) in [6, 6.07) is 4.43. The zero-order valence-corrected chi connectivity index (χ0v) is 11.0. The molecule has 0 saturated heterocycles. The van der Waals surface area contributed by atoms with E-state index in [4.69, 9.17) is 5.84 Å². The van der Waals surface area contributed by atoms with Crippen molar-refractivity contribution in [3.63, 3.8) is 0 Å². The Hall–Kier alpha value is -1.17. The molecule has 0 fully saturated rings. The fourth-order valence-corrected chi connectivity index (χ4v) is 2.86. The van der Waals surface area contributed by atoms with Crippen molar-refractivity contribution < 1.29 is 0 Å². The van der Waals surface area contributed by atoms with Gasteiger partial charge >= 0.3 is 0 Å². The second-order valence-electron chi connectivity index (χ2n) is 4.04. The van der Waals surface area contributed by atoms with E-state index in [2.05, 4.69) is 29.5 Å². The number of hydrogen-bond acceptors (Lipinski definition) is 4. The number of aryl methyl sites for hydroxylation is 2. The molecule has 0 aliphatic carbocycles. The van der Waals surface area contributed by atoms with Gasteiger partial charge in [-0.1, -0.05) is 6.92 Å². The molecule has 3 N–H and O–H groups in total. The lowest BCUT2D eigenvalue weighted by molar-refractivity contribution is 0.510. The van der Waals surface area contributed by atoms with Crippen molar-refractivity contribution in [2.75, 3.05) is 0 Å². The van der Waals surface area contributed by atoms with E-state index in [-0.39, 0.29) is 6.04 Å². The van der Waals surface area contributed by atoms with E-state index in [1.54, 1.807) is 6.20 Å². The van der Waals surface area contributed by atoms with Crippen molar-refractivity contribution in [3.8, 4) is 0 Å². The van der Waals surface area contributed by atoms with Crippen LogP contribution in [0.5, 0.6) is 0 Å². The fourth-order valence-electron chi connectivity index (χ4n) is 1.86. The third kappa shape index (κ3) is 2.74. The van der Waals surface area contributed by atoms with Gasteiger partial charge in [0.15, 0.2) is 0 Å². The van der Waals surface area contributed by atoms with Gasteiger partial charge in [-0.3, -0.25) is 5.84 Å². The van der Waals surface area contributed by atoms with Crippen LogP contribution in [0, 0.1) is 0 Å². The van der Waals surface area contributed by atoms with E-state index in [1.165, 1.54) is 9.75 Å². The summed E-state index contributed by atoms with van der Waals surface area (Å²) in [4.78, 5) is 7.09. The van der Waals surface area contributed by atoms with Crippen LogP contribution in [0.15, 0.2) is 24.5 Å². The van der Waals surface area contributed by atoms with Crippen molar-refractivity contribution in [1.29, 1.82) is 0 Å². The summed E-state index contributed by atoms with van der Waals surface area (Å²) in [7, 11) is 1.98. The number of hydrazine groups is 1. The summed E-state index contributed by atoms with van der Waals surface area (Å²) >= 11 is 1.85. The molecule has 4 nitrogen and oxygen atoms in total. The highest BCUT2D eigenvalue weighted by molar-refractivity contribution is 7.11. The standard InChI is InChI=1S/C12H18N4S/c1-3-9-4-5-10(17-9)8-11(15-13)12-14-6-7-16(12)2/h4-7,11,15H,3,8,13H2,1-2H3. The van der Waals surface area contributed by atoms with Crippen LogP contribution >= 0.6 is 11.3 Å². The highest BCUT2D eigenvalue weighted by Gasteiger charge is 2.15. The maximum atomic E-state index is 5.62. The summed E-state index contributed by atoms with van der Waals surface area (Å²) in [5, 5.41) is 0. The Morgan fingerprint density at radius 3 is 2.76 bits per heavy atom. The van der Waals surface area contributed by atoms with Gasteiger partial charge in [0.25, 0.3) is 0 Å². The Labute approximate surface area is 105 Å². The number of imidazole rings is 1. The zero-order valence-electron chi connectivity index (χ0n) is 10.2. The van der Waals surface area contributed by atoms with E-state index in [0.717, 1.165) is 18.7 Å². The molecule has 2 aromatic rings. The molecule has 0 aliphatic heterocycles. The van der Waals surface area contributed by atoms with Crippen molar-refractivity contribution in [3.05, 3.63) is 40.1 Å². The molecule has 0 aliphatic rings. The zero-order chi connectivity index (χ0) is 12.3. The van der Waals surface area contributed by atoms with Gasteiger partial charge in [0.2, 0.25) is 0 Å². The van der Waals surface area contributed by atoms with Crippen LogP contribution in [0.2, 0.25) is 0 Å². The molecule has 0 saturated carbocycles. The minimum atomic E-state index is 0.0679. The quantitative estimate of drug-likeness (QED) is 0.628. The third-order valence-corrected chi connectivity index (χ3v) is 4.09. The molecule has 2 heterocycles. The number of aromatic nitrogens is 2. The Kier molecular flexibility index (Phi) is 3.93. The van der Waals surface area contributed by atoms with Crippen LogP contribution in [0.25, 0.3) is 0 Å². The largest absolute Gasteiger partial charge is 0.337 e. The third-order valence-electron chi connectivity index (χ3n) is 2.84. The predicted octanol–water partition coefficient (Wildman–Crippen LogP) is 1.79. The normalized spacial score (nSPS) is 12.9. The summed E-state index contributed by atoms with van der Waals surface area (Å²) in [6.45, 7) is 2.17. The molecule has 2 aromatic heterocycles. The Morgan fingerprint density at radius 2 is 2.24 bits per heavy atom. The molecule has 2 rings (SSSR count). The lowest BCUT2D eigenvalue weighted by Gasteiger charge is -2.14. The average molecular weight is 250 g/mol. The Bertz CT molecular complexity index is 474. The van der Waals surface area contributed by atoms with Gasteiger partial charge in [0, 0.05) is 35.6 Å². The van der Waals surface area contributed by atoms with Crippen molar-refractivity contribution in [2.45, 2.75) is 25.8 Å². The van der Waals surface area contributed by atoms with Gasteiger partial charge in [-0.05, 0) is 18.6 Å². The molecule has 0 aromatic carbocycles. The van der Waals surface area contributed by atoms with E-state index >= 15 is 0 Å². The molecule has 17 heavy (non-hydrogen) atoms. The second kappa shape index (κ2) is 5.44. The van der Waals surface area contributed by atoms with Crippen LogP contribution in [0.4, 0.5) is 0 Å². The molecule has 0 radical (unpaired) electrons. The average Bonchev–Trinajstić information content (AvgIpc) is 2.95. The van der Waals surface area contributed by atoms with E-state index in [9.17, 15) is 0 Å². The van der Waals surface area contributed by atoms with Crippen LogP contribution in [0.1, 0.15) is 28.5 Å². The minimum Gasteiger partial charge on any atom is -0.337 e. The summed E-state index contributed by atoms with van der Waals surface area (Å²) in [6.07, 6.45) is 5.71. The van der Waals surface area contributed by atoms with Crippen LogP contribution in [-0.4, -0.2) is 9.55 Å². The molecule has 5 heteroatoms. The number of nitrogens with two attached hydrogens (primary N) is 1. The van der Waals surface area contributed by atoms with Gasteiger partial charge in [-0.25, -0.2) is 10.4 Å². The highest BCUT2D eigenvalue weighted by atomic mass is 32.1. The Balaban J connectivity index is 2.12. The number of thiophene rings is 1. The van der Waals surface area contributed by atoms with Crippen LogP contribution in [0.3, 0.4) is 0 Å². The Morgan fingerprint density at radius 1 is 1.47 bits per heavy atom. The van der Waals surface area contributed by atoms with Gasteiger partial charge in [0.05, 0.1) is 6.04 Å². The molecular formula is C12H18N4S. The number of nitrogens with zero attached hydrogens (tertiary/aromatic N) is 2. The second-order valence-corrected chi connectivity index (χ2v) is 5.29. The maximum Gasteiger partial charge on any atom is 0.127 e. The van der Waals surface area contributed by atoms with Crippen LogP contribution in [-0.2, 0) is 19.9 Å². The lowest BCUT2D eigenvalue weighted by Crippen LogP contribution is -2.31. The number of rotatable bonds is 5. The van der Waals surface area contributed by atoms with E-state index in [0.29, 0.717) is 0 Å². The van der Waals surface area contributed by atoms with Crippen molar-refractivity contribution in [2.24, 2.45) is 12.9 Å². The summed E-state index contributed by atoms with van der Waals surface area (Å²) in [5.74, 6) is 6.59. The predicted molar refractivity (Wildman–Crippen MR) is 70.7 cm³/mol. The summed E-state index contributed by atoms with van der Waals surface area (Å²) < 4.78 is 2.00. The first-order chi connectivity index (χ1) is 8.24. The summed E-state index contributed by atoms with van der Waals surface area (Å²) in [5.41, 5.74) is 2.84. The molecule has 0 spiro atoms. The maximum absolute atomic E-state index is 5.62. The molecule has 0 amide bonds. The van der Waals surface area contributed by atoms with Crippen molar-refractivity contribution >= 4 is 11.3 Å². The van der Waals surface area contributed by atoms with Crippen molar-refractivity contribution in [1.82, 2.24) is 15.0 Å². The van der Waals surface area contributed by atoms with E-state index in [1.807, 2.05) is 29.1 Å². The fraction of sp³-hybridized carbons (Fsp3) is 0.417. The first-order valence-corrected chi connectivity index (χ1v) is 6.57. The number of nitrogens with one attached hydrogen (secondary N) is 1. The van der Waals surface area contributed by atoms with Crippen LogP contribution < -0.4 is 11.3 Å². The SMILES string of the molecule is CCc1ccc(CC(NN)c2nccn2C)s1. The molecular weight excluding hydrogens is 232 g/mol. The number of hydrogen-bond donors (Lipinski definition) is 2. The molecule has 1 unspecified atom stereocenters. The first-order valence-electron chi connectivity index (χ1n) is 5.75. The van der Waals surface area contributed by atoms with E-state index < -0.39 is 0 Å².